The third-order valence-corrected chi connectivity index (χ3v) is 5.86. The summed E-state index contributed by atoms with van der Waals surface area (Å²) < 4.78 is 16.8. The lowest BCUT2D eigenvalue weighted by atomic mass is 9.98. The lowest BCUT2D eigenvalue weighted by Gasteiger charge is -2.37. The number of carbonyl (C=O) groups is 3. The molecule has 3 atom stereocenters. The highest BCUT2D eigenvalue weighted by atomic mass is 16.7. The van der Waals surface area contributed by atoms with E-state index in [1.807, 2.05) is 74.5 Å². The van der Waals surface area contributed by atoms with Crippen LogP contribution < -0.4 is 5.32 Å². The van der Waals surface area contributed by atoms with E-state index in [4.69, 9.17) is 14.2 Å². The molecule has 1 aliphatic heterocycles. The Balaban J connectivity index is 1.81. The van der Waals surface area contributed by atoms with Gasteiger partial charge in [-0.1, -0.05) is 74.5 Å². The topological polar surface area (TPSA) is 94.2 Å². The van der Waals surface area contributed by atoms with Crippen LogP contribution in [0.4, 0.5) is 4.79 Å². The number of alkyl carbamates (subject to hydrolysis) is 1. The normalized spacial score (nSPS) is 19.8. The maximum atomic E-state index is 13.9. The van der Waals surface area contributed by atoms with E-state index in [2.05, 4.69) is 5.32 Å². The van der Waals surface area contributed by atoms with Crippen LogP contribution in [0, 0.1) is 5.92 Å². The largest absolute Gasteiger partial charge is 0.445 e. The molecule has 2 aromatic rings. The molecule has 0 bridgehead atoms. The van der Waals surface area contributed by atoms with Crippen LogP contribution >= 0.6 is 0 Å². The van der Waals surface area contributed by atoms with Crippen molar-refractivity contribution in [3.8, 4) is 0 Å². The Morgan fingerprint density at radius 1 is 1.00 bits per heavy atom. The standard InChI is InChI=1S/C27H34N2O6/c1-18(2)23(28-26(32)33-17-21-14-10-7-11-15-21)24(31)29-22(16-20-12-8-6-9-13-20)25(34-19(3)30)35-27(29,4)5/h6-15,18,22-23,25H,16-17H2,1-5H3,(H,28,32). The van der Waals surface area contributed by atoms with Gasteiger partial charge >= 0.3 is 12.1 Å². The molecule has 188 valence electrons. The van der Waals surface area contributed by atoms with Gasteiger partial charge in [0.2, 0.25) is 12.2 Å². The molecule has 3 rings (SSSR count). The van der Waals surface area contributed by atoms with E-state index < -0.39 is 36.2 Å². The molecular weight excluding hydrogens is 448 g/mol. The van der Waals surface area contributed by atoms with Gasteiger partial charge in [0.1, 0.15) is 24.4 Å². The molecule has 0 saturated carbocycles. The summed E-state index contributed by atoms with van der Waals surface area (Å²) in [4.78, 5) is 39.8. The molecule has 1 aliphatic rings. The zero-order valence-corrected chi connectivity index (χ0v) is 20.9. The molecule has 2 amide bonds. The minimum atomic E-state index is -1.07. The summed E-state index contributed by atoms with van der Waals surface area (Å²) in [6, 6.07) is 17.5. The van der Waals surface area contributed by atoms with E-state index in [1.54, 1.807) is 18.7 Å². The third kappa shape index (κ3) is 6.82. The Morgan fingerprint density at radius 2 is 1.57 bits per heavy atom. The zero-order chi connectivity index (χ0) is 25.6. The van der Waals surface area contributed by atoms with Crippen molar-refractivity contribution in [2.45, 2.75) is 71.7 Å². The lowest BCUT2D eigenvalue weighted by Crippen LogP contribution is -2.58. The van der Waals surface area contributed by atoms with Crippen LogP contribution in [0.25, 0.3) is 0 Å². The van der Waals surface area contributed by atoms with Crippen molar-refractivity contribution in [2.75, 3.05) is 0 Å². The molecule has 35 heavy (non-hydrogen) atoms. The highest BCUT2D eigenvalue weighted by molar-refractivity contribution is 5.87. The fourth-order valence-corrected chi connectivity index (χ4v) is 4.23. The number of nitrogens with one attached hydrogen (secondary N) is 1. The van der Waals surface area contributed by atoms with Gasteiger partial charge in [0.05, 0.1) is 0 Å². The highest BCUT2D eigenvalue weighted by Crippen LogP contribution is 2.36. The average Bonchev–Trinajstić information content (AvgIpc) is 3.05. The number of rotatable bonds is 8. The minimum Gasteiger partial charge on any atom is -0.445 e. The first kappa shape index (κ1) is 26.2. The molecule has 3 unspecified atom stereocenters. The summed E-state index contributed by atoms with van der Waals surface area (Å²) in [5, 5.41) is 2.73. The van der Waals surface area contributed by atoms with Crippen molar-refractivity contribution in [3.63, 3.8) is 0 Å². The predicted molar refractivity (Wildman–Crippen MR) is 130 cm³/mol. The molecular formula is C27H34N2O6. The van der Waals surface area contributed by atoms with Crippen LogP contribution in [0.15, 0.2) is 60.7 Å². The van der Waals surface area contributed by atoms with E-state index in [0.717, 1.165) is 11.1 Å². The van der Waals surface area contributed by atoms with E-state index in [0.29, 0.717) is 6.42 Å². The molecule has 1 heterocycles. The van der Waals surface area contributed by atoms with Gasteiger partial charge in [-0.2, -0.15) is 0 Å². The van der Waals surface area contributed by atoms with Crippen LogP contribution in [-0.2, 0) is 36.8 Å². The maximum Gasteiger partial charge on any atom is 0.408 e. The van der Waals surface area contributed by atoms with Gasteiger partial charge in [-0.25, -0.2) is 4.79 Å². The molecule has 0 aliphatic carbocycles. The van der Waals surface area contributed by atoms with Crippen LogP contribution in [0.1, 0.15) is 45.7 Å². The molecule has 1 fully saturated rings. The Bertz CT molecular complexity index is 1010. The van der Waals surface area contributed by atoms with Crippen LogP contribution in [0.5, 0.6) is 0 Å². The van der Waals surface area contributed by atoms with Crippen molar-refractivity contribution < 1.29 is 28.6 Å². The number of carbonyl (C=O) groups excluding carboxylic acids is 3. The summed E-state index contributed by atoms with van der Waals surface area (Å²) in [6.07, 6.45) is -1.21. The second-order valence-corrected chi connectivity index (χ2v) is 9.44. The summed E-state index contributed by atoms with van der Waals surface area (Å²) in [5.41, 5.74) is 0.737. The maximum absolute atomic E-state index is 13.9. The van der Waals surface area contributed by atoms with E-state index >= 15 is 0 Å². The minimum absolute atomic E-state index is 0.0924. The fraction of sp³-hybridized carbons (Fsp3) is 0.444. The van der Waals surface area contributed by atoms with Crippen LogP contribution in [0.2, 0.25) is 0 Å². The van der Waals surface area contributed by atoms with Gasteiger partial charge in [0, 0.05) is 6.92 Å². The van der Waals surface area contributed by atoms with Gasteiger partial charge in [-0.05, 0) is 37.3 Å². The molecule has 2 aromatic carbocycles. The van der Waals surface area contributed by atoms with E-state index in [1.165, 1.54) is 6.92 Å². The fourth-order valence-electron chi connectivity index (χ4n) is 4.23. The van der Waals surface area contributed by atoms with E-state index in [9.17, 15) is 14.4 Å². The number of hydrogen-bond donors (Lipinski definition) is 1. The summed E-state index contributed by atoms with van der Waals surface area (Å²) in [7, 11) is 0. The molecule has 1 saturated heterocycles. The number of ether oxygens (including phenoxy) is 3. The Hall–Kier alpha value is -3.39. The Kier molecular flexibility index (Phi) is 8.51. The monoisotopic (exact) mass is 482 g/mol. The van der Waals surface area contributed by atoms with Crippen LogP contribution in [0.3, 0.4) is 0 Å². The first-order chi connectivity index (χ1) is 16.6. The van der Waals surface area contributed by atoms with Crippen LogP contribution in [-0.4, -0.2) is 47.0 Å². The number of hydrogen-bond acceptors (Lipinski definition) is 6. The third-order valence-electron chi connectivity index (χ3n) is 5.86. The van der Waals surface area contributed by atoms with Crippen molar-refractivity contribution >= 4 is 18.0 Å². The SMILES string of the molecule is CC(=O)OC1OC(C)(C)N(C(=O)C(NC(=O)OCc2ccccc2)C(C)C)C1Cc1ccccc1. The Labute approximate surface area is 206 Å². The smallest absolute Gasteiger partial charge is 0.408 e. The molecule has 0 aromatic heterocycles. The second kappa shape index (κ2) is 11.4. The number of benzene rings is 2. The van der Waals surface area contributed by atoms with Crippen molar-refractivity contribution in [2.24, 2.45) is 5.92 Å². The second-order valence-electron chi connectivity index (χ2n) is 9.44. The average molecular weight is 483 g/mol. The molecule has 0 radical (unpaired) electrons. The Morgan fingerprint density at radius 3 is 2.11 bits per heavy atom. The van der Waals surface area contributed by atoms with Gasteiger partial charge in [0.15, 0.2) is 0 Å². The van der Waals surface area contributed by atoms with Gasteiger partial charge in [0.25, 0.3) is 0 Å². The first-order valence-electron chi connectivity index (χ1n) is 11.8. The van der Waals surface area contributed by atoms with Gasteiger partial charge in [-0.3, -0.25) is 9.59 Å². The number of amides is 2. The zero-order valence-electron chi connectivity index (χ0n) is 20.9. The number of esters is 1. The number of nitrogens with zero attached hydrogens (tertiary/aromatic N) is 1. The molecule has 1 N–H and O–H groups in total. The quantitative estimate of drug-likeness (QED) is 0.571. The molecule has 8 heteroatoms. The summed E-state index contributed by atoms with van der Waals surface area (Å²) in [5.74, 6) is -1.06. The summed E-state index contributed by atoms with van der Waals surface area (Å²) >= 11 is 0. The molecule has 8 nitrogen and oxygen atoms in total. The van der Waals surface area contributed by atoms with Crippen molar-refractivity contribution in [1.29, 1.82) is 0 Å². The highest BCUT2D eigenvalue weighted by Gasteiger charge is 2.53. The molecule has 0 spiro atoms. The first-order valence-corrected chi connectivity index (χ1v) is 11.8. The van der Waals surface area contributed by atoms with Crippen molar-refractivity contribution in [3.05, 3.63) is 71.8 Å². The van der Waals surface area contributed by atoms with E-state index in [-0.39, 0.29) is 18.4 Å². The van der Waals surface area contributed by atoms with Gasteiger partial charge in [-0.15, -0.1) is 0 Å². The van der Waals surface area contributed by atoms with Gasteiger partial charge < -0.3 is 24.4 Å². The lowest BCUT2D eigenvalue weighted by molar-refractivity contribution is -0.187. The predicted octanol–water partition coefficient (Wildman–Crippen LogP) is 4.03. The van der Waals surface area contributed by atoms with Crippen molar-refractivity contribution in [1.82, 2.24) is 10.2 Å². The summed E-state index contributed by atoms with van der Waals surface area (Å²) in [6.45, 7) is 8.59.